The van der Waals surface area contributed by atoms with Gasteiger partial charge >= 0.3 is 5.79 Å². The van der Waals surface area contributed by atoms with Gasteiger partial charge in [0.1, 0.15) is 28.6 Å². The molecule has 0 bridgehead atoms. The van der Waals surface area contributed by atoms with Gasteiger partial charge in [0.05, 0.1) is 0 Å². The zero-order valence-electron chi connectivity index (χ0n) is 14.3. The summed E-state index contributed by atoms with van der Waals surface area (Å²) in [5.41, 5.74) is 0.0984. The molecule has 3 N–H and O–H groups in total. The molecule has 0 saturated heterocycles. The lowest BCUT2D eigenvalue weighted by Crippen LogP contribution is -2.65. The minimum absolute atomic E-state index is 0.00161. The van der Waals surface area contributed by atoms with E-state index in [-0.39, 0.29) is 22.8 Å². The molecule has 3 rings (SSSR count). The third kappa shape index (κ3) is 2.23. The molecule has 8 nitrogen and oxygen atoms in total. The molecular weight excluding hydrogens is 344 g/mol. The van der Waals surface area contributed by atoms with E-state index in [2.05, 4.69) is 0 Å². The molecule has 1 aliphatic rings. The fourth-order valence-corrected chi connectivity index (χ4v) is 3.19. The molecule has 0 aliphatic carbocycles. The first kappa shape index (κ1) is 18.0. The van der Waals surface area contributed by atoms with Gasteiger partial charge in [0.25, 0.3) is 5.79 Å². The zero-order chi connectivity index (χ0) is 19.1. The molecular formula is C18H18O8. The van der Waals surface area contributed by atoms with Gasteiger partial charge < -0.3 is 34.3 Å². The van der Waals surface area contributed by atoms with Crippen molar-refractivity contribution in [2.75, 3.05) is 21.3 Å². The molecule has 0 amide bonds. The summed E-state index contributed by atoms with van der Waals surface area (Å²) in [5, 5.41) is 29.5. The first-order valence-electron chi connectivity index (χ1n) is 7.60. The van der Waals surface area contributed by atoms with Crippen LogP contribution >= 0.6 is 0 Å². The smallest absolute Gasteiger partial charge is 0.306 e. The van der Waals surface area contributed by atoms with Gasteiger partial charge in [-0.05, 0) is 24.3 Å². The number of carbonyl (C=O) groups is 1. The molecule has 2 aromatic rings. The standard InChI is InChI=1S/C18H18O8/c1-23-17(10-4-6-11(19)7-5-10)18(24-2,25-3)16(22)15-13(21)8-12(20)9-14(15)26-17/h4-9,19-21H,1-3H3. The van der Waals surface area contributed by atoms with Crippen molar-refractivity contribution in [2.45, 2.75) is 11.6 Å². The highest BCUT2D eigenvalue weighted by Crippen LogP contribution is 2.51. The molecule has 1 unspecified atom stereocenters. The number of methoxy groups -OCH3 is 3. The van der Waals surface area contributed by atoms with Crippen LogP contribution in [0.3, 0.4) is 0 Å². The highest BCUT2D eigenvalue weighted by Gasteiger charge is 2.66. The van der Waals surface area contributed by atoms with Gasteiger partial charge in [-0.1, -0.05) is 0 Å². The molecule has 1 atom stereocenters. The van der Waals surface area contributed by atoms with Crippen LogP contribution in [-0.4, -0.2) is 48.2 Å². The van der Waals surface area contributed by atoms with Crippen LogP contribution in [0, 0.1) is 0 Å². The second-order valence-electron chi connectivity index (χ2n) is 5.66. The number of fused-ring (bicyclic) bond motifs is 1. The van der Waals surface area contributed by atoms with E-state index in [1.54, 1.807) is 0 Å². The SMILES string of the molecule is COC1(OC)C(=O)c2c(O)cc(O)cc2OC1(OC)c1ccc(O)cc1. The molecule has 2 aromatic carbocycles. The summed E-state index contributed by atoms with van der Waals surface area (Å²) in [7, 11) is 3.77. The predicted molar refractivity (Wildman–Crippen MR) is 88.3 cm³/mol. The minimum atomic E-state index is -2.10. The average Bonchev–Trinajstić information content (AvgIpc) is 2.61. The largest absolute Gasteiger partial charge is 0.508 e. The quantitative estimate of drug-likeness (QED) is 0.706. The summed E-state index contributed by atoms with van der Waals surface area (Å²) in [4.78, 5) is 13.2. The van der Waals surface area contributed by atoms with E-state index in [4.69, 9.17) is 18.9 Å². The van der Waals surface area contributed by atoms with Crippen molar-refractivity contribution in [2.24, 2.45) is 0 Å². The lowest BCUT2D eigenvalue weighted by atomic mass is 9.86. The van der Waals surface area contributed by atoms with Crippen molar-refractivity contribution in [3.05, 3.63) is 47.5 Å². The van der Waals surface area contributed by atoms with Crippen molar-refractivity contribution in [1.29, 1.82) is 0 Å². The monoisotopic (exact) mass is 362 g/mol. The molecule has 1 aliphatic heterocycles. The van der Waals surface area contributed by atoms with Crippen LogP contribution in [0.15, 0.2) is 36.4 Å². The topological polar surface area (TPSA) is 115 Å². The van der Waals surface area contributed by atoms with Gasteiger partial charge in [-0.3, -0.25) is 4.79 Å². The van der Waals surface area contributed by atoms with Crippen molar-refractivity contribution < 1.29 is 39.1 Å². The number of phenolic OH excluding ortho intramolecular Hbond substituents is 3. The molecule has 0 fully saturated rings. The molecule has 1 heterocycles. The third-order valence-corrected chi connectivity index (χ3v) is 4.39. The number of benzene rings is 2. The van der Waals surface area contributed by atoms with E-state index in [1.807, 2.05) is 0 Å². The summed E-state index contributed by atoms with van der Waals surface area (Å²) in [6.07, 6.45) is 0. The Morgan fingerprint density at radius 2 is 1.50 bits per heavy atom. The Morgan fingerprint density at radius 3 is 2.04 bits per heavy atom. The van der Waals surface area contributed by atoms with E-state index in [0.717, 1.165) is 6.07 Å². The summed E-state index contributed by atoms with van der Waals surface area (Å²) in [5.74, 6) is -5.65. The molecule has 0 aromatic heterocycles. The third-order valence-electron chi connectivity index (χ3n) is 4.39. The van der Waals surface area contributed by atoms with Crippen LogP contribution in [0.1, 0.15) is 15.9 Å². The van der Waals surface area contributed by atoms with E-state index < -0.39 is 23.1 Å². The Morgan fingerprint density at radius 1 is 0.885 bits per heavy atom. The highest BCUT2D eigenvalue weighted by atomic mass is 16.8. The number of hydrogen-bond donors (Lipinski definition) is 3. The van der Waals surface area contributed by atoms with E-state index >= 15 is 0 Å². The van der Waals surface area contributed by atoms with Gasteiger partial charge in [0.15, 0.2) is 0 Å². The van der Waals surface area contributed by atoms with Gasteiger partial charge in [0, 0.05) is 39.0 Å². The maximum atomic E-state index is 13.2. The molecule has 8 heteroatoms. The maximum absolute atomic E-state index is 13.2. The number of ketones is 1. The van der Waals surface area contributed by atoms with E-state index in [1.165, 1.54) is 51.7 Å². The number of hydrogen-bond acceptors (Lipinski definition) is 8. The summed E-state index contributed by atoms with van der Waals surface area (Å²) in [6, 6.07) is 7.91. The van der Waals surface area contributed by atoms with Crippen LogP contribution in [0.4, 0.5) is 0 Å². The summed E-state index contributed by atoms with van der Waals surface area (Å²) < 4.78 is 22.3. The second-order valence-corrected chi connectivity index (χ2v) is 5.66. The molecule has 0 radical (unpaired) electrons. The number of carbonyl (C=O) groups excluding carboxylic acids is 1. The van der Waals surface area contributed by atoms with Crippen LogP contribution in [0.25, 0.3) is 0 Å². The molecule has 26 heavy (non-hydrogen) atoms. The van der Waals surface area contributed by atoms with Gasteiger partial charge in [0.2, 0.25) is 5.78 Å². The highest BCUT2D eigenvalue weighted by molar-refractivity contribution is 6.08. The Hall–Kier alpha value is -2.81. The second kappa shape index (κ2) is 6.17. The van der Waals surface area contributed by atoms with E-state index in [9.17, 15) is 20.1 Å². The van der Waals surface area contributed by atoms with Gasteiger partial charge in [-0.25, -0.2) is 0 Å². The van der Waals surface area contributed by atoms with Crippen LogP contribution < -0.4 is 4.74 Å². The van der Waals surface area contributed by atoms with Gasteiger partial charge in [-0.15, -0.1) is 0 Å². The van der Waals surface area contributed by atoms with Crippen molar-refractivity contribution >= 4 is 5.78 Å². The number of aromatic hydroxyl groups is 3. The predicted octanol–water partition coefficient (Wildman–Crippen LogP) is 1.87. The molecule has 0 saturated carbocycles. The number of ether oxygens (including phenoxy) is 4. The lowest BCUT2D eigenvalue weighted by molar-refractivity contribution is -0.354. The van der Waals surface area contributed by atoms with Crippen LogP contribution in [0.5, 0.6) is 23.0 Å². The summed E-state index contributed by atoms with van der Waals surface area (Å²) in [6.45, 7) is 0. The van der Waals surface area contributed by atoms with Crippen LogP contribution in [0.2, 0.25) is 0 Å². The van der Waals surface area contributed by atoms with Crippen molar-refractivity contribution in [3.63, 3.8) is 0 Å². The fraction of sp³-hybridized carbons (Fsp3) is 0.278. The number of Topliss-reactive ketones (excluding diaryl/α,β-unsaturated/α-hetero) is 1. The zero-order valence-corrected chi connectivity index (χ0v) is 14.3. The fourth-order valence-electron chi connectivity index (χ4n) is 3.19. The van der Waals surface area contributed by atoms with E-state index in [0.29, 0.717) is 5.56 Å². The Labute approximate surface area is 149 Å². The maximum Gasteiger partial charge on any atom is 0.306 e. The number of rotatable bonds is 4. The molecule has 138 valence electrons. The normalized spacial score (nSPS) is 21.1. The Balaban J connectivity index is 2.34. The summed E-state index contributed by atoms with van der Waals surface area (Å²) >= 11 is 0. The average molecular weight is 362 g/mol. The first-order valence-corrected chi connectivity index (χ1v) is 7.60. The lowest BCUT2D eigenvalue weighted by Gasteiger charge is -2.48. The number of phenols is 3. The minimum Gasteiger partial charge on any atom is -0.508 e. The van der Waals surface area contributed by atoms with Crippen molar-refractivity contribution in [3.8, 4) is 23.0 Å². The molecule has 0 spiro atoms. The van der Waals surface area contributed by atoms with Crippen molar-refractivity contribution in [1.82, 2.24) is 0 Å². The Bertz CT molecular complexity index is 841. The van der Waals surface area contributed by atoms with Gasteiger partial charge in [-0.2, -0.15) is 0 Å². The Kier molecular flexibility index (Phi) is 4.27. The van der Waals surface area contributed by atoms with Crippen LogP contribution in [-0.2, 0) is 20.0 Å². The first-order chi connectivity index (χ1) is 12.3.